The van der Waals surface area contributed by atoms with E-state index in [1.807, 2.05) is 19.2 Å². The molecule has 2 aromatic rings. The Hall–Kier alpha value is -1.63. The fourth-order valence-corrected chi connectivity index (χ4v) is 3.52. The van der Waals surface area contributed by atoms with Crippen LogP contribution in [0.4, 0.5) is 5.95 Å². The van der Waals surface area contributed by atoms with Crippen molar-refractivity contribution in [2.24, 2.45) is 5.92 Å². The number of anilines is 1. The second kappa shape index (κ2) is 6.89. The van der Waals surface area contributed by atoms with Crippen molar-refractivity contribution in [3.63, 3.8) is 0 Å². The summed E-state index contributed by atoms with van der Waals surface area (Å²) in [6.07, 6.45) is 8.97. The van der Waals surface area contributed by atoms with Crippen LogP contribution in [-0.4, -0.2) is 37.0 Å². The molecule has 3 rings (SSSR count). The molecule has 0 aliphatic heterocycles. The van der Waals surface area contributed by atoms with Crippen molar-refractivity contribution in [1.82, 2.24) is 24.7 Å². The van der Waals surface area contributed by atoms with Gasteiger partial charge in [0, 0.05) is 24.7 Å². The fourth-order valence-electron chi connectivity index (χ4n) is 2.51. The van der Waals surface area contributed by atoms with E-state index in [2.05, 4.69) is 25.4 Å². The number of hydrogen-bond donors (Lipinski definition) is 1. The van der Waals surface area contributed by atoms with Gasteiger partial charge in [-0.25, -0.2) is 4.68 Å². The van der Waals surface area contributed by atoms with Crippen LogP contribution in [0.3, 0.4) is 0 Å². The van der Waals surface area contributed by atoms with E-state index in [4.69, 9.17) is 0 Å². The molecule has 6 nitrogen and oxygen atoms in total. The summed E-state index contributed by atoms with van der Waals surface area (Å²) >= 11 is 1.73. The van der Waals surface area contributed by atoms with Crippen LogP contribution in [0.25, 0.3) is 5.95 Å². The molecule has 1 N–H and O–H groups in total. The molecule has 0 atom stereocenters. The molecule has 1 aliphatic carbocycles. The van der Waals surface area contributed by atoms with Crippen LogP contribution in [0.15, 0.2) is 23.6 Å². The number of nitrogens with zero attached hydrogens (tertiary/aromatic N) is 5. The van der Waals surface area contributed by atoms with Gasteiger partial charge in [-0.2, -0.15) is 20.1 Å². The molecule has 2 aromatic heterocycles. The predicted octanol–water partition coefficient (Wildman–Crippen LogP) is 2.77. The molecule has 0 spiro atoms. The van der Waals surface area contributed by atoms with Crippen molar-refractivity contribution in [2.75, 3.05) is 17.6 Å². The van der Waals surface area contributed by atoms with Crippen molar-refractivity contribution in [3.8, 4) is 5.95 Å². The lowest BCUT2D eigenvalue weighted by Crippen LogP contribution is -2.10. The highest BCUT2D eigenvalue weighted by atomic mass is 32.2. The smallest absolute Gasteiger partial charge is 0.256 e. The third kappa shape index (κ3) is 3.72. The van der Waals surface area contributed by atoms with E-state index >= 15 is 0 Å². The maximum absolute atomic E-state index is 4.52. The normalized spacial score (nSPS) is 15.5. The standard InChI is InChI=1S/C14H20N6S/c1-2-15-12-17-13(20-9-5-8-16-20)19-14(18-12)21-10-11-6-3-4-7-11/h5,8-9,11H,2-4,6-7,10H2,1H3,(H,15,17,18,19). The zero-order valence-corrected chi connectivity index (χ0v) is 13.0. The average Bonchev–Trinajstić information content (AvgIpc) is 3.19. The first-order valence-corrected chi connectivity index (χ1v) is 8.46. The van der Waals surface area contributed by atoms with E-state index in [1.54, 1.807) is 22.6 Å². The van der Waals surface area contributed by atoms with Crippen LogP contribution in [0.1, 0.15) is 32.6 Å². The largest absolute Gasteiger partial charge is 0.354 e. The van der Waals surface area contributed by atoms with Gasteiger partial charge in [0.1, 0.15) is 0 Å². The molecular formula is C14H20N6S. The monoisotopic (exact) mass is 304 g/mol. The lowest BCUT2D eigenvalue weighted by atomic mass is 10.1. The van der Waals surface area contributed by atoms with Gasteiger partial charge >= 0.3 is 0 Å². The summed E-state index contributed by atoms with van der Waals surface area (Å²) in [6.45, 7) is 2.82. The maximum atomic E-state index is 4.52. The first-order valence-electron chi connectivity index (χ1n) is 7.48. The molecule has 1 saturated carbocycles. The molecule has 0 amide bonds. The Bertz CT molecular complexity index is 565. The van der Waals surface area contributed by atoms with Crippen molar-refractivity contribution >= 4 is 17.7 Å². The first kappa shape index (κ1) is 14.3. The second-order valence-corrected chi connectivity index (χ2v) is 6.17. The number of hydrogen-bond acceptors (Lipinski definition) is 6. The fraction of sp³-hybridized carbons (Fsp3) is 0.571. The van der Waals surface area contributed by atoms with E-state index in [9.17, 15) is 0 Å². The minimum atomic E-state index is 0.569. The van der Waals surface area contributed by atoms with Crippen molar-refractivity contribution in [1.29, 1.82) is 0 Å². The van der Waals surface area contributed by atoms with Gasteiger partial charge < -0.3 is 5.32 Å². The highest BCUT2D eigenvalue weighted by molar-refractivity contribution is 7.99. The summed E-state index contributed by atoms with van der Waals surface area (Å²) in [6, 6.07) is 1.86. The van der Waals surface area contributed by atoms with Crippen molar-refractivity contribution < 1.29 is 0 Å². The molecule has 7 heteroatoms. The van der Waals surface area contributed by atoms with Crippen LogP contribution in [0, 0.1) is 5.92 Å². The van der Waals surface area contributed by atoms with Gasteiger partial charge in [0.05, 0.1) is 0 Å². The minimum Gasteiger partial charge on any atom is -0.354 e. The minimum absolute atomic E-state index is 0.569. The van der Waals surface area contributed by atoms with Crippen LogP contribution in [0.2, 0.25) is 0 Å². The summed E-state index contributed by atoms with van der Waals surface area (Å²) in [5, 5.41) is 8.13. The molecule has 2 heterocycles. The molecular weight excluding hydrogens is 284 g/mol. The number of aromatic nitrogens is 5. The quantitative estimate of drug-likeness (QED) is 0.828. The van der Waals surface area contributed by atoms with Gasteiger partial charge in [0.15, 0.2) is 5.16 Å². The van der Waals surface area contributed by atoms with E-state index in [-0.39, 0.29) is 0 Å². The topological polar surface area (TPSA) is 68.5 Å². The molecule has 0 saturated heterocycles. The van der Waals surface area contributed by atoms with E-state index in [0.717, 1.165) is 23.4 Å². The zero-order valence-electron chi connectivity index (χ0n) is 12.2. The van der Waals surface area contributed by atoms with Crippen molar-refractivity contribution in [2.45, 2.75) is 37.8 Å². The summed E-state index contributed by atoms with van der Waals surface area (Å²) in [5.41, 5.74) is 0. The van der Waals surface area contributed by atoms with Crippen molar-refractivity contribution in [3.05, 3.63) is 18.5 Å². The third-order valence-electron chi connectivity index (χ3n) is 3.57. The Labute approximate surface area is 128 Å². The Morgan fingerprint density at radius 2 is 2.14 bits per heavy atom. The summed E-state index contributed by atoms with van der Waals surface area (Å²) in [5.74, 6) is 3.09. The number of rotatable bonds is 6. The molecule has 21 heavy (non-hydrogen) atoms. The molecule has 0 bridgehead atoms. The number of nitrogens with one attached hydrogen (secondary N) is 1. The molecule has 1 aliphatic rings. The van der Waals surface area contributed by atoms with E-state index < -0.39 is 0 Å². The van der Waals surface area contributed by atoms with Gasteiger partial charge in [-0.1, -0.05) is 24.6 Å². The summed E-state index contributed by atoms with van der Waals surface area (Å²) in [7, 11) is 0. The summed E-state index contributed by atoms with van der Waals surface area (Å²) in [4.78, 5) is 13.4. The first-order chi connectivity index (χ1) is 10.3. The Morgan fingerprint density at radius 3 is 2.86 bits per heavy atom. The van der Waals surface area contributed by atoms with Crippen LogP contribution in [0.5, 0.6) is 0 Å². The Morgan fingerprint density at radius 1 is 1.29 bits per heavy atom. The van der Waals surface area contributed by atoms with Gasteiger partial charge in [0.25, 0.3) is 5.95 Å². The van der Waals surface area contributed by atoms with Crippen LogP contribution in [-0.2, 0) is 0 Å². The predicted molar refractivity (Wildman–Crippen MR) is 83.8 cm³/mol. The summed E-state index contributed by atoms with van der Waals surface area (Å²) < 4.78 is 1.67. The van der Waals surface area contributed by atoms with Gasteiger partial charge in [-0.3, -0.25) is 0 Å². The zero-order chi connectivity index (χ0) is 14.5. The molecule has 112 valence electrons. The van der Waals surface area contributed by atoms with Crippen LogP contribution >= 0.6 is 11.8 Å². The lowest BCUT2D eigenvalue weighted by molar-refractivity contribution is 0.622. The van der Waals surface area contributed by atoms with Gasteiger partial charge in [0.2, 0.25) is 5.95 Å². The molecule has 0 aromatic carbocycles. The lowest BCUT2D eigenvalue weighted by Gasteiger charge is -2.09. The highest BCUT2D eigenvalue weighted by Gasteiger charge is 2.16. The SMILES string of the molecule is CCNc1nc(SCC2CCCC2)nc(-n2cccn2)n1. The molecule has 1 fully saturated rings. The molecule has 0 radical (unpaired) electrons. The average molecular weight is 304 g/mol. The van der Waals surface area contributed by atoms with E-state index in [1.165, 1.54) is 25.7 Å². The highest BCUT2D eigenvalue weighted by Crippen LogP contribution is 2.30. The van der Waals surface area contributed by atoms with Gasteiger partial charge in [-0.05, 0) is 31.7 Å². The van der Waals surface area contributed by atoms with E-state index in [0.29, 0.717) is 11.9 Å². The van der Waals surface area contributed by atoms with Crippen LogP contribution < -0.4 is 5.32 Å². The third-order valence-corrected chi connectivity index (χ3v) is 4.65. The Balaban J connectivity index is 1.77. The molecule has 0 unspecified atom stereocenters. The number of thioether (sulfide) groups is 1. The Kier molecular flexibility index (Phi) is 4.69. The maximum Gasteiger partial charge on any atom is 0.256 e. The van der Waals surface area contributed by atoms with Gasteiger partial charge in [-0.15, -0.1) is 0 Å². The second-order valence-electron chi connectivity index (χ2n) is 5.18.